The van der Waals surface area contributed by atoms with Gasteiger partial charge in [-0.15, -0.1) is 13.2 Å². The van der Waals surface area contributed by atoms with Gasteiger partial charge < -0.3 is 29.7 Å². The van der Waals surface area contributed by atoms with E-state index in [9.17, 15) is 27.6 Å². The molecule has 0 spiro atoms. The van der Waals surface area contributed by atoms with Gasteiger partial charge >= 0.3 is 18.4 Å². The zero-order valence-corrected chi connectivity index (χ0v) is 23.7. The van der Waals surface area contributed by atoms with E-state index >= 15 is 0 Å². The van der Waals surface area contributed by atoms with Crippen molar-refractivity contribution in [1.29, 1.82) is 0 Å². The van der Waals surface area contributed by atoms with Gasteiger partial charge in [-0.2, -0.15) is 0 Å². The Morgan fingerprint density at radius 1 is 0.953 bits per heavy atom. The molecule has 0 unspecified atom stereocenters. The number of halogens is 3. The molecule has 0 aromatic heterocycles. The number of carbonyl (C=O) groups is 3. The van der Waals surface area contributed by atoms with Gasteiger partial charge in [0.25, 0.3) is 5.91 Å². The molecule has 1 fully saturated rings. The molecule has 3 amide bonds. The number of anilines is 1. The maximum absolute atomic E-state index is 13.5. The lowest BCUT2D eigenvalue weighted by Gasteiger charge is -2.32. The number of alkyl halides is 3. The van der Waals surface area contributed by atoms with E-state index in [1.165, 1.54) is 6.07 Å². The Kier molecular flexibility index (Phi) is 10.1. The van der Waals surface area contributed by atoms with E-state index in [4.69, 9.17) is 9.47 Å². The molecule has 12 heteroatoms. The molecule has 1 aliphatic heterocycles. The third kappa shape index (κ3) is 8.87. The number of piperidine rings is 1. The van der Waals surface area contributed by atoms with E-state index in [0.29, 0.717) is 54.1 Å². The highest BCUT2D eigenvalue weighted by Gasteiger charge is 2.32. The van der Waals surface area contributed by atoms with E-state index in [0.717, 1.165) is 6.07 Å². The van der Waals surface area contributed by atoms with Gasteiger partial charge in [0.2, 0.25) is 0 Å². The van der Waals surface area contributed by atoms with E-state index in [1.54, 1.807) is 73.3 Å². The molecule has 3 aromatic rings. The second-order valence-electron chi connectivity index (χ2n) is 9.83. The Bertz CT molecular complexity index is 1440. The van der Waals surface area contributed by atoms with Crippen LogP contribution in [0.3, 0.4) is 0 Å². The number of likely N-dealkylation sites (tertiary alicyclic amines) is 1. The molecule has 1 aliphatic rings. The number of hydrogen-bond acceptors (Lipinski definition) is 6. The highest BCUT2D eigenvalue weighted by Crippen LogP contribution is 2.34. The fourth-order valence-corrected chi connectivity index (χ4v) is 4.80. The summed E-state index contributed by atoms with van der Waals surface area (Å²) in [5.74, 6) is -1.13. The van der Waals surface area contributed by atoms with Crippen LogP contribution in [0.5, 0.6) is 11.5 Å². The lowest BCUT2D eigenvalue weighted by Crippen LogP contribution is -2.47. The van der Waals surface area contributed by atoms with Gasteiger partial charge in [-0.3, -0.25) is 9.59 Å². The molecule has 0 saturated carbocycles. The zero-order chi connectivity index (χ0) is 31.0. The number of esters is 1. The predicted octanol–water partition coefficient (Wildman–Crippen LogP) is 5.93. The number of nitrogens with one attached hydrogen (secondary N) is 2. The molecule has 0 atom stereocenters. The molecule has 4 rings (SSSR count). The third-order valence-corrected chi connectivity index (χ3v) is 6.66. The Balaban J connectivity index is 1.43. The minimum Gasteiger partial charge on any atom is -0.490 e. The van der Waals surface area contributed by atoms with Gasteiger partial charge in [0.05, 0.1) is 12.2 Å². The summed E-state index contributed by atoms with van der Waals surface area (Å²) in [6.07, 6.45) is -4.00. The van der Waals surface area contributed by atoms with E-state index in [-0.39, 0.29) is 30.9 Å². The number of amides is 3. The first-order chi connectivity index (χ1) is 20.5. The van der Waals surface area contributed by atoms with Crippen molar-refractivity contribution in [3.05, 3.63) is 77.9 Å². The summed E-state index contributed by atoms with van der Waals surface area (Å²) in [6.45, 7) is 4.19. The molecule has 9 nitrogen and oxygen atoms in total. The average Bonchev–Trinajstić information content (AvgIpc) is 2.96. The SMILES string of the molecule is CCOC(=O)CNC(=O)N1CCC(Oc2cccc(NC(=O)c3cc(OC(F)(F)F)cc(C)c3-c3ccccc3)c2)CC1. The number of ether oxygens (including phenoxy) is 3. The number of urea groups is 1. The molecule has 1 heterocycles. The fraction of sp³-hybridized carbons (Fsp3) is 0.323. The van der Waals surface area contributed by atoms with Gasteiger partial charge in [0.1, 0.15) is 24.1 Å². The van der Waals surface area contributed by atoms with E-state index < -0.39 is 24.0 Å². The summed E-state index contributed by atoms with van der Waals surface area (Å²) >= 11 is 0. The van der Waals surface area contributed by atoms with Crippen LogP contribution in [0.4, 0.5) is 23.7 Å². The fourth-order valence-electron chi connectivity index (χ4n) is 4.80. The molecule has 0 radical (unpaired) electrons. The lowest BCUT2D eigenvalue weighted by atomic mass is 9.94. The first-order valence-corrected chi connectivity index (χ1v) is 13.7. The molecule has 0 bridgehead atoms. The predicted molar refractivity (Wildman–Crippen MR) is 153 cm³/mol. The maximum Gasteiger partial charge on any atom is 0.573 e. The zero-order valence-electron chi connectivity index (χ0n) is 23.7. The van der Waals surface area contributed by atoms with Crippen LogP contribution in [0.1, 0.15) is 35.7 Å². The van der Waals surface area contributed by atoms with Crippen molar-refractivity contribution in [2.24, 2.45) is 0 Å². The summed E-state index contributed by atoms with van der Waals surface area (Å²) in [6, 6.07) is 17.6. The smallest absolute Gasteiger partial charge is 0.490 e. The third-order valence-electron chi connectivity index (χ3n) is 6.66. The number of nitrogens with zero attached hydrogens (tertiary/aromatic N) is 1. The molecule has 1 saturated heterocycles. The van der Waals surface area contributed by atoms with Crippen molar-refractivity contribution in [3.8, 4) is 22.6 Å². The average molecular weight is 600 g/mol. The molecule has 43 heavy (non-hydrogen) atoms. The van der Waals surface area contributed by atoms with Crippen LogP contribution in [0.15, 0.2) is 66.7 Å². The molecule has 3 aromatic carbocycles. The Morgan fingerprint density at radius 2 is 1.67 bits per heavy atom. The van der Waals surface area contributed by atoms with Crippen molar-refractivity contribution in [3.63, 3.8) is 0 Å². The van der Waals surface area contributed by atoms with Gasteiger partial charge in [0, 0.05) is 37.7 Å². The molecule has 2 N–H and O–H groups in total. The number of carbonyl (C=O) groups excluding carboxylic acids is 3. The molecule has 0 aliphatic carbocycles. The summed E-state index contributed by atoms with van der Waals surface area (Å²) in [7, 11) is 0. The second-order valence-corrected chi connectivity index (χ2v) is 9.83. The molecular weight excluding hydrogens is 567 g/mol. The van der Waals surface area contributed by atoms with Crippen LogP contribution in [0.25, 0.3) is 11.1 Å². The number of benzene rings is 3. The highest BCUT2D eigenvalue weighted by atomic mass is 19.4. The Hall–Kier alpha value is -4.74. The Morgan fingerprint density at radius 3 is 2.35 bits per heavy atom. The summed E-state index contributed by atoms with van der Waals surface area (Å²) in [5.41, 5.74) is 2.00. The van der Waals surface area contributed by atoms with Crippen molar-refractivity contribution >= 4 is 23.6 Å². The van der Waals surface area contributed by atoms with Crippen LogP contribution in [0.2, 0.25) is 0 Å². The van der Waals surface area contributed by atoms with E-state index in [2.05, 4.69) is 15.4 Å². The number of rotatable bonds is 9. The van der Waals surface area contributed by atoms with Crippen LogP contribution in [0, 0.1) is 6.92 Å². The monoisotopic (exact) mass is 599 g/mol. The molecule has 228 valence electrons. The van der Waals surface area contributed by atoms with Gasteiger partial charge in [-0.25, -0.2) is 4.79 Å². The number of hydrogen-bond donors (Lipinski definition) is 2. The maximum atomic E-state index is 13.5. The minimum absolute atomic E-state index is 0.0189. The van der Waals surface area contributed by atoms with Crippen molar-refractivity contribution in [2.75, 3.05) is 31.6 Å². The first kappa shape index (κ1) is 31.2. The van der Waals surface area contributed by atoms with Gasteiger partial charge in [-0.1, -0.05) is 36.4 Å². The quantitative estimate of drug-likeness (QED) is 0.296. The normalized spacial score (nSPS) is 13.7. The summed E-state index contributed by atoms with van der Waals surface area (Å²) < 4.78 is 54.0. The van der Waals surface area contributed by atoms with Crippen LogP contribution in [-0.4, -0.2) is 61.5 Å². The summed E-state index contributed by atoms with van der Waals surface area (Å²) in [5, 5.41) is 5.30. The number of aryl methyl sites for hydroxylation is 1. The molecular formula is C31H32F3N3O6. The van der Waals surface area contributed by atoms with Crippen molar-refractivity contribution in [2.45, 2.75) is 39.2 Å². The van der Waals surface area contributed by atoms with Gasteiger partial charge in [-0.05, 0) is 54.8 Å². The Labute approximate surface area is 246 Å². The van der Waals surface area contributed by atoms with Gasteiger partial charge in [0.15, 0.2) is 0 Å². The second kappa shape index (κ2) is 14.0. The van der Waals surface area contributed by atoms with Crippen molar-refractivity contribution < 1.29 is 41.8 Å². The first-order valence-electron chi connectivity index (χ1n) is 13.7. The standard InChI is InChI=1S/C31H32F3N3O6/c1-3-41-27(38)19-35-30(40)37-14-12-23(13-15-37)42-24-11-7-10-22(17-24)36-29(39)26-18-25(43-31(32,33)34)16-20(2)28(26)21-8-5-4-6-9-21/h4-11,16-18,23H,3,12-15,19H2,1-2H3,(H,35,40)(H,36,39). The van der Waals surface area contributed by atoms with Crippen LogP contribution in [-0.2, 0) is 9.53 Å². The van der Waals surface area contributed by atoms with Crippen molar-refractivity contribution in [1.82, 2.24) is 10.2 Å². The van der Waals surface area contributed by atoms with Crippen LogP contribution >= 0.6 is 0 Å². The topological polar surface area (TPSA) is 106 Å². The minimum atomic E-state index is -4.91. The lowest BCUT2D eigenvalue weighted by molar-refractivity contribution is -0.274. The van der Waals surface area contributed by atoms with Crippen LogP contribution < -0.4 is 20.1 Å². The summed E-state index contributed by atoms with van der Waals surface area (Å²) in [4.78, 5) is 38.8. The van der Waals surface area contributed by atoms with E-state index in [1.807, 2.05) is 0 Å². The largest absolute Gasteiger partial charge is 0.573 e. The highest BCUT2D eigenvalue weighted by molar-refractivity contribution is 6.09.